The van der Waals surface area contributed by atoms with Crippen LogP contribution >= 0.6 is 0 Å². The fraction of sp³-hybridized carbons (Fsp3) is 0.615. The number of rotatable bonds is 4. The van der Waals surface area contributed by atoms with Gasteiger partial charge >= 0.3 is 0 Å². The van der Waals surface area contributed by atoms with Crippen LogP contribution in [0.1, 0.15) is 18.5 Å². The number of hydrogen-bond donors (Lipinski definition) is 4. The SMILES string of the molecule is CCOc1nc(N)nc2c1N=CC2[C@@H]1O[C@H](CO)[C@@H](O)[C@H]1O. The molecular formula is C13H18N4O5. The highest BCUT2D eigenvalue weighted by Crippen LogP contribution is 2.42. The monoisotopic (exact) mass is 310 g/mol. The fourth-order valence-electron chi connectivity index (χ4n) is 2.75. The smallest absolute Gasteiger partial charge is 0.245 e. The molecule has 1 aromatic heterocycles. The first-order chi connectivity index (χ1) is 10.6. The Bertz CT molecular complexity index is 596. The number of aliphatic imine (C=N–C) groups is 1. The molecule has 2 aliphatic heterocycles. The Morgan fingerprint density at radius 2 is 2.09 bits per heavy atom. The highest BCUT2D eigenvalue weighted by atomic mass is 16.6. The van der Waals surface area contributed by atoms with Gasteiger partial charge in [-0.2, -0.15) is 4.98 Å². The molecular weight excluding hydrogens is 292 g/mol. The van der Waals surface area contributed by atoms with Crippen LogP contribution < -0.4 is 10.5 Å². The number of ether oxygens (including phenoxy) is 2. The van der Waals surface area contributed by atoms with Crippen LogP contribution in [-0.4, -0.2) is 69.1 Å². The van der Waals surface area contributed by atoms with Crippen LogP contribution in [0.4, 0.5) is 11.6 Å². The van der Waals surface area contributed by atoms with Gasteiger partial charge in [0, 0.05) is 6.21 Å². The van der Waals surface area contributed by atoms with Crippen LogP contribution in [-0.2, 0) is 4.74 Å². The third kappa shape index (κ3) is 2.31. The molecule has 3 rings (SSSR count). The Labute approximate surface area is 126 Å². The summed E-state index contributed by atoms with van der Waals surface area (Å²) >= 11 is 0. The van der Waals surface area contributed by atoms with Gasteiger partial charge in [-0.15, -0.1) is 0 Å². The van der Waals surface area contributed by atoms with Gasteiger partial charge in [0.2, 0.25) is 11.8 Å². The molecule has 1 saturated heterocycles. The zero-order valence-corrected chi connectivity index (χ0v) is 12.0. The molecule has 120 valence electrons. The van der Waals surface area contributed by atoms with Crippen LogP contribution in [0.25, 0.3) is 0 Å². The predicted molar refractivity (Wildman–Crippen MR) is 76.3 cm³/mol. The number of anilines is 1. The summed E-state index contributed by atoms with van der Waals surface area (Å²) in [6.07, 6.45) is -2.39. The molecule has 0 amide bonds. The fourth-order valence-corrected chi connectivity index (χ4v) is 2.75. The van der Waals surface area contributed by atoms with Gasteiger partial charge in [0.25, 0.3) is 0 Å². The topological polar surface area (TPSA) is 143 Å². The summed E-state index contributed by atoms with van der Waals surface area (Å²) < 4.78 is 10.9. The van der Waals surface area contributed by atoms with Gasteiger partial charge in [0.1, 0.15) is 30.1 Å². The van der Waals surface area contributed by atoms with Crippen LogP contribution in [0.3, 0.4) is 0 Å². The second-order valence-electron chi connectivity index (χ2n) is 5.16. The normalized spacial score (nSPS) is 33.2. The first-order valence-electron chi connectivity index (χ1n) is 7.03. The van der Waals surface area contributed by atoms with E-state index < -0.39 is 30.3 Å². The van der Waals surface area contributed by atoms with Crippen molar-refractivity contribution in [1.29, 1.82) is 0 Å². The number of nitrogens with two attached hydrogens (primary N) is 1. The minimum Gasteiger partial charge on any atom is -0.476 e. The van der Waals surface area contributed by atoms with E-state index in [9.17, 15) is 15.3 Å². The number of fused-ring (bicyclic) bond motifs is 1. The first-order valence-corrected chi connectivity index (χ1v) is 7.03. The van der Waals surface area contributed by atoms with Crippen molar-refractivity contribution < 1.29 is 24.8 Å². The molecule has 5 atom stereocenters. The molecule has 9 nitrogen and oxygen atoms in total. The zero-order chi connectivity index (χ0) is 15.9. The average molecular weight is 310 g/mol. The minimum atomic E-state index is -1.17. The quantitative estimate of drug-likeness (QED) is 0.539. The number of aromatic nitrogens is 2. The summed E-state index contributed by atoms with van der Waals surface area (Å²) in [4.78, 5) is 12.4. The van der Waals surface area contributed by atoms with Gasteiger partial charge in [-0.05, 0) is 6.92 Å². The molecule has 2 aliphatic rings. The van der Waals surface area contributed by atoms with E-state index in [2.05, 4.69) is 15.0 Å². The van der Waals surface area contributed by atoms with E-state index in [1.54, 1.807) is 6.21 Å². The lowest BCUT2D eigenvalue weighted by Gasteiger charge is -2.20. The van der Waals surface area contributed by atoms with Crippen LogP contribution in [0, 0.1) is 0 Å². The van der Waals surface area contributed by atoms with Gasteiger partial charge in [0.15, 0.2) is 0 Å². The highest BCUT2D eigenvalue weighted by Gasteiger charge is 2.48. The summed E-state index contributed by atoms with van der Waals surface area (Å²) in [7, 11) is 0. The van der Waals surface area contributed by atoms with Crippen molar-refractivity contribution in [3.63, 3.8) is 0 Å². The van der Waals surface area contributed by atoms with E-state index in [4.69, 9.17) is 15.2 Å². The number of aliphatic hydroxyl groups is 3. The summed E-state index contributed by atoms with van der Waals surface area (Å²) in [5.74, 6) is -0.194. The van der Waals surface area contributed by atoms with Crippen LogP contribution in [0.15, 0.2) is 4.99 Å². The zero-order valence-electron chi connectivity index (χ0n) is 12.0. The van der Waals surface area contributed by atoms with Gasteiger partial charge in [-0.25, -0.2) is 4.98 Å². The van der Waals surface area contributed by atoms with Crippen molar-refractivity contribution in [2.75, 3.05) is 18.9 Å². The molecule has 0 bridgehead atoms. The van der Waals surface area contributed by atoms with Crippen LogP contribution in [0.5, 0.6) is 5.88 Å². The molecule has 0 radical (unpaired) electrons. The maximum atomic E-state index is 10.1. The van der Waals surface area contributed by atoms with E-state index in [-0.39, 0.29) is 18.4 Å². The lowest BCUT2D eigenvalue weighted by molar-refractivity contribution is -0.0237. The number of aliphatic hydroxyl groups excluding tert-OH is 3. The molecule has 0 spiro atoms. The van der Waals surface area contributed by atoms with E-state index in [0.29, 0.717) is 18.0 Å². The Kier molecular flexibility index (Phi) is 3.96. The largest absolute Gasteiger partial charge is 0.476 e. The molecule has 5 N–H and O–H groups in total. The van der Waals surface area contributed by atoms with E-state index >= 15 is 0 Å². The van der Waals surface area contributed by atoms with Crippen molar-refractivity contribution in [3.8, 4) is 5.88 Å². The van der Waals surface area contributed by atoms with Gasteiger partial charge in [-0.1, -0.05) is 0 Å². The molecule has 3 heterocycles. The Balaban J connectivity index is 1.93. The van der Waals surface area contributed by atoms with Crippen molar-refractivity contribution in [1.82, 2.24) is 9.97 Å². The van der Waals surface area contributed by atoms with Gasteiger partial charge < -0.3 is 30.5 Å². The summed E-state index contributed by atoms with van der Waals surface area (Å²) in [6.45, 7) is 1.82. The predicted octanol–water partition coefficient (Wildman–Crippen LogP) is -1.26. The van der Waals surface area contributed by atoms with Crippen molar-refractivity contribution in [3.05, 3.63) is 5.69 Å². The summed E-state index contributed by atoms with van der Waals surface area (Å²) in [6, 6.07) is 0. The summed E-state index contributed by atoms with van der Waals surface area (Å²) in [5.41, 5.74) is 6.61. The van der Waals surface area contributed by atoms with Crippen molar-refractivity contribution in [2.24, 2.45) is 4.99 Å². The maximum absolute atomic E-state index is 10.1. The second kappa shape index (κ2) is 5.76. The van der Waals surface area contributed by atoms with Gasteiger partial charge in [0.05, 0.1) is 24.8 Å². The number of nitrogen functional groups attached to an aromatic ring is 1. The molecule has 0 aromatic carbocycles. The maximum Gasteiger partial charge on any atom is 0.245 e. The minimum absolute atomic E-state index is 0.0319. The van der Waals surface area contributed by atoms with Gasteiger partial charge in [-0.3, -0.25) is 4.99 Å². The number of nitrogens with zero attached hydrogens (tertiary/aromatic N) is 3. The Morgan fingerprint density at radius 1 is 1.32 bits per heavy atom. The third-order valence-corrected chi connectivity index (χ3v) is 3.79. The molecule has 1 aromatic rings. The Hall–Kier alpha value is -1.81. The first kappa shape index (κ1) is 15.1. The van der Waals surface area contributed by atoms with Crippen LogP contribution in [0.2, 0.25) is 0 Å². The van der Waals surface area contributed by atoms with Crippen molar-refractivity contribution >= 4 is 17.9 Å². The molecule has 22 heavy (non-hydrogen) atoms. The highest BCUT2D eigenvalue weighted by molar-refractivity contribution is 5.82. The second-order valence-corrected chi connectivity index (χ2v) is 5.16. The lowest BCUT2D eigenvalue weighted by Crippen LogP contribution is -2.36. The standard InChI is InChI=1S/C13H18N4O5/c1-2-21-12-8-7(16-13(14)17-12)5(3-15-8)11-10(20)9(19)6(4-18)22-11/h3,5-6,9-11,18-20H,2,4H2,1H3,(H2,14,16,17)/t5?,6-,9-,10-,11+/m1/s1. The molecule has 1 fully saturated rings. The summed E-state index contributed by atoms with van der Waals surface area (Å²) in [5, 5.41) is 29.2. The average Bonchev–Trinajstić information content (AvgIpc) is 3.02. The Morgan fingerprint density at radius 3 is 2.73 bits per heavy atom. The lowest BCUT2D eigenvalue weighted by atomic mass is 9.95. The molecule has 0 aliphatic carbocycles. The third-order valence-electron chi connectivity index (χ3n) is 3.79. The molecule has 9 heteroatoms. The van der Waals surface area contributed by atoms with E-state index in [1.807, 2.05) is 6.92 Å². The van der Waals surface area contributed by atoms with E-state index in [1.165, 1.54) is 0 Å². The molecule has 0 saturated carbocycles. The number of hydrogen-bond acceptors (Lipinski definition) is 9. The molecule has 1 unspecified atom stereocenters. The van der Waals surface area contributed by atoms with E-state index in [0.717, 1.165) is 0 Å². The van der Waals surface area contributed by atoms with Crippen molar-refractivity contribution in [2.45, 2.75) is 37.3 Å².